The molecule has 2 fully saturated rings. The maximum absolute atomic E-state index is 12.7. The van der Waals surface area contributed by atoms with E-state index in [-0.39, 0.29) is 11.8 Å². The highest BCUT2D eigenvalue weighted by molar-refractivity contribution is 6.41. The van der Waals surface area contributed by atoms with Gasteiger partial charge in [-0.3, -0.25) is 19.0 Å². The van der Waals surface area contributed by atoms with Gasteiger partial charge in [-0.2, -0.15) is 0 Å². The largest absolute Gasteiger partial charge is 0.490 e. The van der Waals surface area contributed by atoms with Crippen LogP contribution < -0.4 is 20.5 Å². The number of nitrogens with two attached hydrogens (primary N) is 1. The molecular formula is C30H37N5O7. The van der Waals surface area contributed by atoms with Gasteiger partial charge in [0.2, 0.25) is 23.9 Å². The number of rotatable bonds is 13. The van der Waals surface area contributed by atoms with Crippen molar-refractivity contribution in [2.45, 2.75) is 45.1 Å². The van der Waals surface area contributed by atoms with E-state index in [0.717, 1.165) is 44.5 Å². The first kappa shape index (κ1) is 29.5. The zero-order valence-corrected chi connectivity index (χ0v) is 23.7. The van der Waals surface area contributed by atoms with Gasteiger partial charge in [-0.25, -0.2) is 4.98 Å². The lowest BCUT2D eigenvalue weighted by molar-refractivity contribution is -0.136. The Balaban J connectivity index is 1.25. The van der Waals surface area contributed by atoms with Gasteiger partial charge in [0.1, 0.15) is 6.10 Å². The van der Waals surface area contributed by atoms with Crippen molar-refractivity contribution in [2.24, 2.45) is 11.7 Å². The summed E-state index contributed by atoms with van der Waals surface area (Å²) in [5.41, 5.74) is 7.59. The number of hydrogen-bond donors (Lipinski definition) is 3. The molecule has 224 valence electrons. The first-order chi connectivity index (χ1) is 20.4. The number of aliphatic hydroxyl groups excluding tert-OH is 1. The van der Waals surface area contributed by atoms with Crippen molar-refractivity contribution in [3.05, 3.63) is 48.0 Å². The number of para-hydroxylation sites is 2. The number of amides is 1. The summed E-state index contributed by atoms with van der Waals surface area (Å²) in [6.45, 7) is 5.27. The third-order valence-electron chi connectivity index (χ3n) is 7.67. The first-order valence-corrected chi connectivity index (χ1v) is 14.3. The second-order valence-electron chi connectivity index (χ2n) is 10.5. The highest BCUT2D eigenvalue weighted by Crippen LogP contribution is 2.32. The second kappa shape index (κ2) is 13.3. The number of nitrogens with one attached hydrogen (secondary N) is 1. The average molecular weight is 580 g/mol. The molecule has 0 aliphatic carbocycles. The molecule has 2 saturated heterocycles. The fraction of sp³-hybridized carbons (Fsp3) is 0.467. The van der Waals surface area contributed by atoms with Gasteiger partial charge in [-0.05, 0) is 69.1 Å². The van der Waals surface area contributed by atoms with Crippen molar-refractivity contribution in [3.8, 4) is 11.5 Å². The lowest BCUT2D eigenvalue weighted by atomic mass is 9.96. The molecule has 42 heavy (non-hydrogen) atoms. The van der Waals surface area contributed by atoms with E-state index >= 15 is 0 Å². The van der Waals surface area contributed by atoms with Crippen LogP contribution in [0, 0.1) is 5.92 Å². The molecule has 2 atom stereocenters. The fourth-order valence-corrected chi connectivity index (χ4v) is 5.41. The maximum atomic E-state index is 12.7. The summed E-state index contributed by atoms with van der Waals surface area (Å²) in [5.74, 6) is -0.0811. The minimum atomic E-state index is -1.22. The number of carbonyl (C=O) groups excluding carboxylic acids is 3. The van der Waals surface area contributed by atoms with Gasteiger partial charge in [0, 0.05) is 19.0 Å². The number of carbonyl (C=O) groups is 3. The van der Waals surface area contributed by atoms with Crippen LogP contribution in [0.15, 0.2) is 42.5 Å². The van der Waals surface area contributed by atoms with E-state index in [0.29, 0.717) is 48.2 Å². The minimum Gasteiger partial charge on any atom is -0.490 e. The van der Waals surface area contributed by atoms with Crippen LogP contribution in [-0.2, 0) is 25.7 Å². The highest BCUT2D eigenvalue weighted by Gasteiger charge is 2.44. The van der Waals surface area contributed by atoms with Crippen LogP contribution >= 0.6 is 0 Å². The lowest BCUT2D eigenvalue weighted by Crippen LogP contribution is -2.39. The van der Waals surface area contributed by atoms with Gasteiger partial charge in [0.15, 0.2) is 11.5 Å². The number of aliphatic hydroxyl groups is 1. The van der Waals surface area contributed by atoms with E-state index in [2.05, 4.69) is 15.2 Å². The molecule has 0 unspecified atom stereocenters. The third kappa shape index (κ3) is 6.40. The Labute approximate surface area is 243 Å². The molecular weight excluding hydrogens is 542 g/mol. The van der Waals surface area contributed by atoms with E-state index in [1.165, 1.54) is 0 Å². The normalized spacial score (nSPS) is 19.9. The van der Waals surface area contributed by atoms with Crippen LogP contribution in [0.25, 0.3) is 11.0 Å². The van der Waals surface area contributed by atoms with Crippen LogP contribution in [0.4, 0.5) is 5.95 Å². The number of likely N-dealkylation sites (tertiary alicyclic amines) is 1. The number of imidazole rings is 1. The number of benzene rings is 2. The van der Waals surface area contributed by atoms with Crippen molar-refractivity contribution < 1.29 is 33.7 Å². The van der Waals surface area contributed by atoms with Gasteiger partial charge >= 0.3 is 0 Å². The molecule has 2 aliphatic rings. The van der Waals surface area contributed by atoms with E-state index in [1.807, 2.05) is 43.3 Å². The number of aromatic nitrogens is 2. The van der Waals surface area contributed by atoms with Crippen molar-refractivity contribution in [1.82, 2.24) is 14.5 Å². The zero-order valence-electron chi connectivity index (χ0n) is 23.7. The van der Waals surface area contributed by atoms with E-state index in [4.69, 9.17) is 19.9 Å². The van der Waals surface area contributed by atoms with Crippen LogP contribution in [0.1, 0.15) is 38.0 Å². The van der Waals surface area contributed by atoms with Gasteiger partial charge in [0.05, 0.1) is 30.9 Å². The van der Waals surface area contributed by atoms with Crippen LogP contribution in [0.2, 0.25) is 0 Å². The third-order valence-corrected chi connectivity index (χ3v) is 7.67. The number of nitrogens with zero attached hydrogens (tertiary/aromatic N) is 3. The molecule has 2 aromatic carbocycles. The summed E-state index contributed by atoms with van der Waals surface area (Å²) >= 11 is 0. The minimum absolute atomic E-state index is 0.0230. The summed E-state index contributed by atoms with van der Waals surface area (Å²) in [6.07, 6.45) is 0.0110. The van der Waals surface area contributed by atoms with Crippen molar-refractivity contribution in [1.29, 1.82) is 0 Å². The number of Topliss-reactive ketones (excluding diaryl/α,β-unsaturated/α-hetero) is 2. The first-order valence-electron chi connectivity index (χ1n) is 14.3. The number of piperidine rings is 1. The van der Waals surface area contributed by atoms with Crippen molar-refractivity contribution in [3.63, 3.8) is 0 Å². The van der Waals surface area contributed by atoms with E-state index in [1.54, 1.807) is 10.6 Å². The lowest BCUT2D eigenvalue weighted by Gasteiger charge is -2.30. The molecule has 12 heteroatoms. The SMILES string of the molecule is CCOc1ccc(CNc2nc3ccccc3n2[C@@H]2O[C@H](CO)C(=O)C2=O)cc1OCCCN1CCC(C(N)=O)CC1. The Morgan fingerprint density at radius 3 is 2.62 bits per heavy atom. The van der Waals surface area contributed by atoms with E-state index < -0.39 is 30.5 Å². The molecule has 1 aromatic heterocycles. The molecule has 0 spiro atoms. The molecule has 4 N–H and O–H groups in total. The second-order valence-corrected chi connectivity index (χ2v) is 10.5. The quantitative estimate of drug-likeness (QED) is 0.202. The van der Waals surface area contributed by atoms with Gasteiger partial charge in [-0.1, -0.05) is 18.2 Å². The summed E-state index contributed by atoms with van der Waals surface area (Å²) in [6, 6.07) is 12.9. The topological polar surface area (TPSA) is 158 Å². The number of ether oxygens (including phenoxy) is 3. The van der Waals surface area contributed by atoms with Gasteiger partial charge < -0.3 is 35.3 Å². The van der Waals surface area contributed by atoms with Gasteiger partial charge in [-0.15, -0.1) is 0 Å². The number of hydrogen-bond acceptors (Lipinski definition) is 10. The zero-order chi connectivity index (χ0) is 29.6. The van der Waals surface area contributed by atoms with Gasteiger partial charge in [0.25, 0.3) is 5.78 Å². The predicted molar refractivity (Wildman–Crippen MR) is 154 cm³/mol. The monoisotopic (exact) mass is 579 g/mol. The van der Waals surface area contributed by atoms with Crippen LogP contribution in [0.5, 0.6) is 11.5 Å². The predicted octanol–water partition coefficient (Wildman–Crippen LogP) is 2.04. The number of primary amides is 1. The molecule has 0 bridgehead atoms. The van der Waals surface area contributed by atoms with Crippen molar-refractivity contribution in [2.75, 3.05) is 44.8 Å². The Kier molecular flexibility index (Phi) is 9.35. The maximum Gasteiger partial charge on any atom is 0.251 e. The fourth-order valence-electron chi connectivity index (χ4n) is 5.41. The Morgan fingerprint density at radius 1 is 1.12 bits per heavy atom. The molecule has 2 aliphatic heterocycles. The molecule has 0 radical (unpaired) electrons. The molecule has 0 saturated carbocycles. The van der Waals surface area contributed by atoms with Crippen LogP contribution in [0.3, 0.4) is 0 Å². The summed E-state index contributed by atoms with van der Waals surface area (Å²) in [5, 5.41) is 12.8. The number of fused-ring (bicyclic) bond motifs is 1. The number of anilines is 1. The van der Waals surface area contributed by atoms with Crippen LogP contribution in [-0.4, -0.2) is 82.6 Å². The summed E-state index contributed by atoms with van der Waals surface area (Å²) in [4.78, 5) is 43.4. The van der Waals surface area contributed by atoms with Crippen molar-refractivity contribution >= 4 is 34.5 Å². The standard InChI is InChI=1S/C30H37N5O7/c1-2-40-23-9-8-19(16-24(23)41-15-5-12-34-13-10-20(11-14-34)28(31)39)17-32-30-33-21-6-3-4-7-22(21)35(30)29-27(38)26(37)25(18-36)42-29/h3-4,6-9,16,20,25,29,36H,2,5,10-15,17-18H2,1H3,(H2,31,39)(H,32,33)/t25-,29-/m1/s1. The molecule has 12 nitrogen and oxygen atoms in total. The average Bonchev–Trinajstić information content (AvgIpc) is 3.51. The smallest absolute Gasteiger partial charge is 0.251 e. The molecule has 3 aromatic rings. The summed E-state index contributed by atoms with van der Waals surface area (Å²) in [7, 11) is 0. The van der Waals surface area contributed by atoms with E-state index in [9.17, 15) is 19.5 Å². The highest BCUT2D eigenvalue weighted by atomic mass is 16.5. The Bertz CT molecular complexity index is 1430. The molecule has 1 amide bonds. The summed E-state index contributed by atoms with van der Waals surface area (Å²) < 4.78 is 19.1. The number of ketones is 2. The Morgan fingerprint density at radius 2 is 1.90 bits per heavy atom. The molecule has 5 rings (SSSR count). The molecule has 3 heterocycles. The Hall–Kier alpha value is -4.00.